The van der Waals surface area contributed by atoms with Crippen molar-refractivity contribution in [2.45, 2.75) is 6.61 Å². The molecule has 0 aliphatic rings. The van der Waals surface area contributed by atoms with E-state index < -0.39 is 11.9 Å². The van der Waals surface area contributed by atoms with Gasteiger partial charge in [0.2, 0.25) is 5.76 Å². The van der Waals surface area contributed by atoms with Crippen molar-refractivity contribution in [3.63, 3.8) is 0 Å². The van der Waals surface area contributed by atoms with Crippen LogP contribution in [-0.2, 0) is 16.1 Å². The van der Waals surface area contributed by atoms with Crippen LogP contribution < -0.4 is 14.8 Å². The monoisotopic (exact) mass is 370 g/mol. The van der Waals surface area contributed by atoms with Crippen LogP contribution in [-0.4, -0.2) is 33.1 Å². The van der Waals surface area contributed by atoms with E-state index >= 15 is 0 Å². The van der Waals surface area contributed by atoms with Crippen molar-refractivity contribution >= 4 is 18.0 Å². The summed E-state index contributed by atoms with van der Waals surface area (Å²) in [6.07, 6.45) is 1.44. The Morgan fingerprint density at radius 3 is 2.63 bits per heavy atom. The van der Waals surface area contributed by atoms with E-state index in [1.165, 1.54) is 33.4 Å². The molecule has 0 aliphatic carbocycles. The number of esters is 1. The minimum Gasteiger partial charge on any atom is -0.493 e. The van der Waals surface area contributed by atoms with Crippen LogP contribution in [0.3, 0.4) is 0 Å². The van der Waals surface area contributed by atoms with Crippen LogP contribution in [0.25, 0.3) is 6.08 Å². The zero-order valence-corrected chi connectivity index (χ0v) is 15.1. The van der Waals surface area contributed by atoms with Crippen molar-refractivity contribution in [2.24, 2.45) is 0 Å². The number of methoxy groups -OCH3 is 2. The summed E-state index contributed by atoms with van der Waals surface area (Å²) >= 11 is 0. The summed E-state index contributed by atoms with van der Waals surface area (Å²) in [5, 5.41) is 11.5. The Balaban J connectivity index is 2.15. The molecular weight excluding hydrogens is 352 g/mol. The number of furan rings is 1. The van der Waals surface area contributed by atoms with E-state index in [9.17, 15) is 9.59 Å². The molecule has 0 fully saturated rings. The third-order valence-corrected chi connectivity index (χ3v) is 3.51. The molecule has 0 saturated heterocycles. The number of nitrogens with zero attached hydrogens (tertiary/aromatic N) is 1. The lowest BCUT2D eigenvalue weighted by Crippen LogP contribution is -2.19. The van der Waals surface area contributed by atoms with E-state index in [1.54, 1.807) is 24.3 Å². The Hall–Kier alpha value is -3.73. The minimum atomic E-state index is -0.570. The van der Waals surface area contributed by atoms with E-state index in [4.69, 9.17) is 19.2 Å². The number of hydrogen-bond donors (Lipinski definition) is 1. The minimum absolute atomic E-state index is 0.0286. The number of rotatable bonds is 7. The van der Waals surface area contributed by atoms with Crippen LogP contribution in [0.2, 0.25) is 0 Å². The Morgan fingerprint density at radius 2 is 2.00 bits per heavy atom. The molecule has 8 heteroatoms. The maximum absolute atomic E-state index is 11.6. The van der Waals surface area contributed by atoms with Crippen LogP contribution in [0.5, 0.6) is 11.5 Å². The van der Waals surface area contributed by atoms with Crippen LogP contribution in [0.1, 0.15) is 21.9 Å². The average molecular weight is 370 g/mol. The fraction of sp³-hybridized carbons (Fsp3) is 0.211. The van der Waals surface area contributed by atoms with Gasteiger partial charge in [-0.25, -0.2) is 4.79 Å². The number of hydrogen-bond acceptors (Lipinski definition) is 7. The average Bonchev–Trinajstić information content (AvgIpc) is 3.18. The number of amides is 1. The molecule has 0 unspecified atom stereocenters. The van der Waals surface area contributed by atoms with E-state index in [0.29, 0.717) is 22.8 Å². The molecule has 1 amide bonds. The number of carbonyl (C=O) groups is 2. The lowest BCUT2D eigenvalue weighted by atomic mass is 10.1. The second-order valence-electron chi connectivity index (χ2n) is 5.21. The molecule has 1 aromatic heterocycles. The van der Waals surface area contributed by atoms with Gasteiger partial charge in [-0.05, 0) is 35.9 Å². The summed E-state index contributed by atoms with van der Waals surface area (Å²) < 4.78 is 20.9. The summed E-state index contributed by atoms with van der Waals surface area (Å²) in [5.41, 5.74) is 0.574. The third-order valence-electron chi connectivity index (χ3n) is 3.51. The van der Waals surface area contributed by atoms with Crippen molar-refractivity contribution in [3.8, 4) is 17.6 Å². The second kappa shape index (κ2) is 9.10. The first-order valence-corrected chi connectivity index (χ1v) is 7.84. The molecule has 140 valence electrons. The predicted molar refractivity (Wildman–Crippen MR) is 95.0 cm³/mol. The first-order chi connectivity index (χ1) is 13.0. The van der Waals surface area contributed by atoms with Gasteiger partial charge < -0.3 is 23.9 Å². The number of benzene rings is 1. The molecule has 0 atom stereocenters. The highest BCUT2D eigenvalue weighted by Gasteiger charge is 2.13. The van der Waals surface area contributed by atoms with Gasteiger partial charge in [-0.2, -0.15) is 5.26 Å². The number of carbonyl (C=O) groups excluding carboxylic acids is 2. The van der Waals surface area contributed by atoms with Gasteiger partial charge in [-0.3, -0.25) is 4.79 Å². The molecule has 0 spiro atoms. The summed E-state index contributed by atoms with van der Waals surface area (Å²) in [7, 11) is 4.19. The van der Waals surface area contributed by atoms with Gasteiger partial charge in [-0.15, -0.1) is 0 Å². The Labute approximate surface area is 155 Å². The van der Waals surface area contributed by atoms with Crippen LogP contribution in [0.4, 0.5) is 0 Å². The number of ether oxygens (including phenoxy) is 3. The summed E-state index contributed by atoms with van der Waals surface area (Å²) in [4.78, 5) is 23.0. The Morgan fingerprint density at radius 1 is 1.22 bits per heavy atom. The van der Waals surface area contributed by atoms with Crippen molar-refractivity contribution in [3.05, 3.63) is 53.0 Å². The normalized spacial score (nSPS) is 10.7. The van der Waals surface area contributed by atoms with Gasteiger partial charge in [0, 0.05) is 7.05 Å². The maximum Gasteiger partial charge on any atom is 0.373 e. The standard InChI is InChI=1S/C19H18N2O6/c1-21-18(22)13(10-20)8-12-4-6-15(17(9-12)24-2)26-11-14-5-7-16(27-14)19(23)25-3/h4-9H,11H2,1-3H3,(H,21,22)/b13-8+. The molecule has 1 N–H and O–H groups in total. The zero-order valence-electron chi connectivity index (χ0n) is 15.1. The molecule has 2 aromatic rings. The molecular formula is C19H18N2O6. The quantitative estimate of drug-likeness (QED) is 0.452. The Bertz CT molecular complexity index is 907. The smallest absolute Gasteiger partial charge is 0.373 e. The van der Waals surface area contributed by atoms with Crippen LogP contribution in [0.15, 0.2) is 40.3 Å². The maximum atomic E-state index is 11.6. The van der Waals surface area contributed by atoms with Gasteiger partial charge in [0.15, 0.2) is 11.5 Å². The lowest BCUT2D eigenvalue weighted by molar-refractivity contribution is -0.116. The van der Waals surface area contributed by atoms with Gasteiger partial charge >= 0.3 is 5.97 Å². The SMILES string of the molecule is CNC(=O)/C(C#N)=C/c1ccc(OCc2ccc(C(=O)OC)o2)c(OC)c1. The molecule has 0 bridgehead atoms. The summed E-state index contributed by atoms with van der Waals surface area (Å²) in [6.45, 7) is 0.0736. The fourth-order valence-corrected chi connectivity index (χ4v) is 2.16. The highest BCUT2D eigenvalue weighted by atomic mass is 16.5. The molecule has 1 heterocycles. The Kier molecular flexibility index (Phi) is 6.61. The van der Waals surface area contributed by atoms with Crippen LogP contribution >= 0.6 is 0 Å². The summed E-state index contributed by atoms with van der Waals surface area (Å²) in [5.74, 6) is 0.326. The second-order valence-corrected chi connectivity index (χ2v) is 5.21. The predicted octanol–water partition coefficient (Wildman–Crippen LogP) is 2.31. The first-order valence-electron chi connectivity index (χ1n) is 7.84. The van der Waals surface area contributed by atoms with Gasteiger partial charge in [0.05, 0.1) is 14.2 Å². The van der Waals surface area contributed by atoms with Crippen LogP contribution in [0, 0.1) is 11.3 Å². The third kappa shape index (κ3) is 4.89. The molecule has 1 aromatic carbocycles. The largest absolute Gasteiger partial charge is 0.493 e. The lowest BCUT2D eigenvalue weighted by Gasteiger charge is -2.10. The highest BCUT2D eigenvalue weighted by molar-refractivity contribution is 6.01. The van der Waals surface area contributed by atoms with E-state index in [-0.39, 0.29) is 17.9 Å². The summed E-state index contributed by atoms with van der Waals surface area (Å²) in [6, 6.07) is 9.91. The molecule has 0 aliphatic heterocycles. The molecule has 2 rings (SSSR count). The fourth-order valence-electron chi connectivity index (χ4n) is 2.16. The zero-order chi connectivity index (χ0) is 19.8. The molecule has 8 nitrogen and oxygen atoms in total. The highest BCUT2D eigenvalue weighted by Crippen LogP contribution is 2.30. The van der Waals surface area contributed by atoms with E-state index in [0.717, 1.165) is 0 Å². The van der Waals surface area contributed by atoms with Gasteiger partial charge in [0.25, 0.3) is 5.91 Å². The van der Waals surface area contributed by atoms with Gasteiger partial charge in [-0.1, -0.05) is 6.07 Å². The molecule has 27 heavy (non-hydrogen) atoms. The first kappa shape index (κ1) is 19.6. The number of nitriles is 1. The van der Waals surface area contributed by atoms with Gasteiger partial charge in [0.1, 0.15) is 24.0 Å². The van der Waals surface area contributed by atoms with Crippen molar-refractivity contribution in [2.75, 3.05) is 21.3 Å². The van der Waals surface area contributed by atoms with E-state index in [1.807, 2.05) is 6.07 Å². The van der Waals surface area contributed by atoms with Crippen molar-refractivity contribution < 1.29 is 28.2 Å². The number of likely N-dealkylation sites (N-methyl/N-ethyl adjacent to an activating group) is 1. The molecule has 0 saturated carbocycles. The topological polar surface area (TPSA) is 111 Å². The van der Waals surface area contributed by atoms with E-state index in [2.05, 4.69) is 10.1 Å². The van der Waals surface area contributed by atoms with Crippen molar-refractivity contribution in [1.29, 1.82) is 5.26 Å². The number of nitrogens with one attached hydrogen (secondary N) is 1. The molecule has 0 radical (unpaired) electrons. The van der Waals surface area contributed by atoms with Crippen molar-refractivity contribution in [1.82, 2.24) is 5.32 Å².